The van der Waals surface area contributed by atoms with Crippen molar-refractivity contribution in [2.75, 3.05) is 19.7 Å². The first-order chi connectivity index (χ1) is 13.7. The predicted molar refractivity (Wildman–Crippen MR) is 104 cm³/mol. The van der Waals surface area contributed by atoms with Crippen LogP contribution < -0.4 is 10.5 Å². The zero-order chi connectivity index (χ0) is 19.1. The third-order valence-electron chi connectivity index (χ3n) is 5.71. The Morgan fingerprint density at radius 1 is 1.29 bits per heavy atom. The number of amides is 1. The lowest BCUT2D eigenvalue weighted by atomic mass is 9.74. The summed E-state index contributed by atoms with van der Waals surface area (Å²) in [4.78, 5) is 19.8. The number of nitrogens with zero attached hydrogens (tertiary/aromatic N) is 3. The van der Waals surface area contributed by atoms with Crippen LogP contribution in [0.3, 0.4) is 0 Å². The van der Waals surface area contributed by atoms with Crippen LogP contribution in [0.5, 0.6) is 5.75 Å². The molecule has 0 radical (unpaired) electrons. The summed E-state index contributed by atoms with van der Waals surface area (Å²) in [6, 6.07) is 10.00. The third-order valence-corrected chi connectivity index (χ3v) is 6.58. The highest BCUT2D eigenvalue weighted by atomic mass is 32.1. The Balaban J connectivity index is 1.31. The number of ether oxygens (including phenoxy) is 1. The second kappa shape index (κ2) is 6.72. The first-order valence-electron chi connectivity index (χ1n) is 9.32. The minimum atomic E-state index is -0.208. The molecule has 1 fully saturated rings. The molecule has 8 heteroatoms. The lowest BCUT2D eigenvalue weighted by Crippen LogP contribution is -2.46. The average Bonchev–Trinajstić information content (AvgIpc) is 3.48. The number of carbonyl (C=O) groups is 1. The van der Waals surface area contributed by atoms with E-state index in [-0.39, 0.29) is 17.2 Å². The van der Waals surface area contributed by atoms with E-state index in [2.05, 4.69) is 16.2 Å². The quantitative estimate of drug-likeness (QED) is 0.732. The van der Waals surface area contributed by atoms with Crippen molar-refractivity contribution in [1.29, 1.82) is 0 Å². The van der Waals surface area contributed by atoms with Crippen molar-refractivity contribution in [2.45, 2.75) is 24.8 Å². The van der Waals surface area contributed by atoms with Gasteiger partial charge >= 0.3 is 11.8 Å². The van der Waals surface area contributed by atoms with Gasteiger partial charge in [0.25, 0.3) is 0 Å². The van der Waals surface area contributed by atoms with E-state index in [4.69, 9.17) is 15.0 Å². The van der Waals surface area contributed by atoms with E-state index in [9.17, 15) is 4.79 Å². The molecule has 2 aromatic heterocycles. The summed E-state index contributed by atoms with van der Waals surface area (Å²) in [6.07, 6.45) is 1.68. The van der Waals surface area contributed by atoms with Crippen molar-refractivity contribution in [3.8, 4) is 16.5 Å². The summed E-state index contributed by atoms with van der Waals surface area (Å²) in [5, 5.41) is 5.88. The number of piperidine rings is 1. The number of fused-ring (bicyclic) bond motifs is 2. The normalized spacial score (nSPS) is 17.5. The van der Waals surface area contributed by atoms with E-state index in [1.54, 1.807) is 4.90 Å². The molecule has 144 valence electrons. The summed E-state index contributed by atoms with van der Waals surface area (Å²) in [5.41, 5.74) is 8.09. The first kappa shape index (κ1) is 17.4. The molecule has 1 amide bonds. The Kier molecular flexibility index (Phi) is 4.17. The van der Waals surface area contributed by atoms with Crippen molar-refractivity contribution in [3.05, 3.63) is 52.7 Å². The lowest BCUT2D eigenvalue weighted by molar-refractivity contribution is 0.0598. The topological polar surface area (TPSA) is 94.5 Å². The third kappa shape index (κ3) is 2.80. The minimum absolute atomic E-state index is 0.0474. The van der Waals surface area contributed by atoms with Crippen molar-refractivity contribution < 1.29 is 14.1 Å². The molecule has 0 atom stereocenters. The average molecular weight is 396 g/mol. The Hall–Kier alpha value is -2.71. The van der Waals surface area contributed by atoms with Crippen LogP contribution >= 0.6 is 11.3 Å². The van der Waals surface area contributed by atoms with Crippen LogP contribution in [-0.2, 0) is 12.0 Å². The number of hydrogen-bond acceptors (Lipinski definition) is 7. The molecule has 1 spiro atoms. The fraction of sp³-hybridized carbons (Fsp3) is 0.350. The van der Waals surface area contributed by atoms with Crippen molar-refractivity contribution >= 4 is 17.2 Å². The van der Waals surface area contributed by atoms with Gasteiger partial charge in [-0.3, -0.25) is 4.79 Å². The molecule has 2 N–H and O–H groups in total. The molecule has 4 heterocycles. The van der Waals surface area contributed by atoms with Gasteiger partial charge in [0.15, 0.2) is 0 Å². The number of nitrogens with two attached hydrogens (primary N) is 1. The number of rotatable bonds is 3. The summed E-state index contributed by atoms with van der Waals surface area (Å²) in [7, 11) is 0. The number of likely N-dealkylation sites (tertiary alicyclic amines) is 1. The fourth-order valence-electron chi connectivity index (χ4n) is 4.04. The SMILES string of the molecule is NCc1ccc2c(c1)C1(CCN(C(=O)c3nc(-c4cccs4)no3)CC1)CO2. The minimum Gasteiger partial charge on any atom is -0.492 e. The van der Waals surface area contributed by atoms with Gasteiger partial charge in [0.1, 0.15) is 5.75 Å². The lowest BCUT2D eigenvalue weighted by Gasteiger charge is -2.38. The molecule has 2 aliphatic rings. The van der Waals surface area contributed by atoms with Gasteiger partial charge in [-0.2, -0.15) is 4.98 Å². The van der Waals surface area contributed by atoms with E-state index < -0.39 is 0 Å². The maximum atomic E-state index is 12.8. The van der Waals surface area contributed by atoms with E-state index in [1.165, 1.54) is 16.9 Å². The highest BCUT2D eigenvalue weighted by Crippen LogP contribution is 2.46. The highest BCUT2D eigenvalue weighted by Gasteiger charge is 2.44. The second-order valence-electron chi connectivity index (χ2n) is 7.30. The Bertz CT molecular complexity index is 1010. The molecule has 2 aliphatic heterocycles. The zero-order valence-electron chi connectivity index (χ0n) is 15.3. The molecule has 28 heavy (non-hydrogen) atoms. The maximum Gasteiger partial charge on any atom is 0.316 e. The van der Waals surface area contributed by atoms with Gasteiger partial charge in [0, 0.05) is 30.6 Å². The van der Waals surface area contributed by atoms with Crippen molar-refractivity contribution in [3.63, 3.8) is 0 Å². The van der Waals surface area contributed by atoms with Crippen molar-refractivity contribution in [2.24, 2.45) is 5.73 Å². The number of thiophene rings is 1. The number of carbonyl (C=O) groups excluding carboxylic acids is 1. The van der Waals surface area contributed by atoms with E-state index >= 15 is 0 Å². The molecule has 0 saturated carbocycles. The molecular formula is C20H20N4O3S. The van der Waals surface area contributed by atoms with E-state index in [1.807, 2.05) is 29.6 Å². The Labute approximate surface area is 166 Å². The Morgan fingerprint density at radius 2 is 2.14 bits per heavy atom. The van der Waals surface area contributed by atoms with Crippen LogP contribution in [0.4, 0.5) is 0 Å². The number of benzene rings is 1. The Morgan fingerprint density at radius 3 is 2.89 bits per heavy atom. The van der Waals surface area contributed by atoms with E-state index in [0.717, 1.165) is 29.0 Å². The predicted octanol–water partition coefficient (Wildman–Crippen LogP) is 2.82. The number of aromatic nitrogens is 2. The van der Waals surface area contributed by atoms with Gasteiger partial charge < -0.3 is 19.9 Å². The maximum absolute atomic E-state index is 12.8. The van der Waals surface area contributed by atoms with E-state index in [0.29, 0.717) is 32.1 Å². The number of hydrogen-bond donors (Lipinski definition) is 1. The zero-order valence-corrected chi connectivity index (χ0v) is 16.1. The highest BCUT2D eigenvalue weighted by molar-refractivity contribution is 7.13. The van der Waals surface area contributed by atoms with Crippen molar-refractivity contribution in [1.82, 2.24) is 15.0 Å². The summed E-state index contributed by atoms with van der Waals surface area (Å²) < 4.78 is 11.2. The second-order valence-corrected chi connectivity index (χ2v) is 8.24. The van der Waals surface area contributed by atoms with Gasteiger partial charge in [0.2, 0.25) is 5.82 Å². The smallest absolute Gasteiger partial charge is 0.316 e. The van der Waals surface area contributed by atoms with Gasteiger partial charge in [-0.05, 0) is 35.9 Å². The molecule has 3 aromatic rings. The van der Waals surface area contributed by atoms with Gasteiger partial charge in [-0.15, -0.1) is 11.3 Å². The fourth-order valence-corrected chi connectivity index (χ4v) is 4.69. The standard InChI is InChI=1S/C20H20N4O3S/c21-11-13-3-4-15-14(10-13)20(12-26-15)5-7-24(8-6-20)19(25)18-22-17(23-27-18)16-2-1-9-28-16/h1-4,9-10H,5-8,11-12,21H2. The van der Waals surface area contributed by atoms with Gasteiger partial charge in [-0.25, -0.2) is 0 Å². The van der Waals surface area contributed by atoms with Gasteiger partial charge in [0.05, 0.1) is 11.5 Å². The molecule has 1 aromatic carbocycles. The van der Waals surface area contributed by atoms with Crippen LogP contribution in [0.25, 0.3) is 10.7 Å². The molecule has 0 aliphatic carbocycles. The largest absolute Gasteiger partial charge is 0.492 e. The van der Waals surface area contributed by atoms with Gasteiger partial charge in [-0.1, -0.05) is 23.4 Å². The summed E-state index contributed by atoms with van der Waals surface area (Å²) in [5.74, 6) is 1.24. The molecular weight excluding hydrogens is 376 g/mol. The van der Waals surface area contributed by atoms with Crippen LogP contribution in [0.1, 0.15) is 34.7 Å². The van der Waals surface area contributed by atoms with Crippen LogP contribution in [0, 0.1) is 0 Å². The molecule has 5 rings (SSSR count). The molecule has 0 bridgehead atoms. The molecule has 0 unspecified atom stereocenters. The summed E-state index contributed by atoms with van der Waals surface area (Å²) in [6.45, 7) is 2.43. The van der Waals surface area contributed by atoms with Crippen LogP contribution in [0.15, 0.2) is 40.2 Å². The monoisotopic (exact) mass is 396 g/mol. The first-order valence-corrected chi connectivity index (χ1v) is 10.2. The van der Waals surface area contributed by atoms with Crippen LogP contribution in [-0.4, -0.2) is 40.6 Å². The molecule has 1 saturated heterocycles. The molecule has 7 nitrogen and oxygen atoms in total. The summed E-state index contributed by atoms with van der Waals surface area (Å²) >= 11 is 1.51. The van der Waals surface area contributed by atoms with Crippen LogP contribution in [0.2, 0.25) is 0 Å².